The normalized spacial score (nSPS) is 16.4. The van der Waals surface area contributed by atoms with Gasteiger partial charge in [0, 0.05) is 38.3 Å². The Morgan fingerprint density at radius 3 is 2.45 bits per heavy atom. The molecule has 1 amide bonds. The van der Waals surface area contributed by atoms with Crippen LogP contribution in [0.1, 0.15) is 25.0 Å². The van der Waals surface area contributed by atoms with E-state index in [0.717, 1.165) is 49.5 Å². The minimum Gasteiger partial charge on any atom is -0.379 e. The minimum absolute atomic E-state index is 0.0311. The minimum atomic E-state index is -0.280. The monoisotopic (exact) mass is 396 g/mol. The number of morpholine rings is 1. The molecule has 0 bridgehead atoms. The number of halogens is 1. The van der Waals surface area contributed by atoms with E-state index in [1.165, 1.54) is 12.1 Å². The topological polar surface area (TPSA) is 32.8 Å². The van der Waals surface area contributed by atoms with Crippen molar-refractivity contribution in [3.05, 3.63) is 77.6 Å². The van der Waals surface area contributed by atoms with E-state index in [1.807, 2.05) is 42.2 Å². The van der Waals surface area contributed by atoms with Crippen LogP contribution in [-0.4, -0.2) is 54.6 Å². The molecule has 1 atom stereocenters. The highest BCUT2D eigenvalue weighted by Gasteiger charge is 2.22. The Morgan fingerprint density at radius 1 is 1.14 bits per heavy atom. The van der Waals surface area contributed by atoms with E-state index in [0.29, 0.717) is 6.54 Å². The highest BCUT2D eigenvalue weighted by molar-refractivity contribution is 5.95. The summed E-state index contributed by atoms with van der Waals surface area (Å²) in [6.07, 6.45) is 1.66. The lowest BCUT2D eigenvalue weighted by Gasteiger charge is -2.35. The number of allylic oxidation sites excluding steroid dienone is 1. The molecular formula is C24H29FN2O2. The maximum absolute atomic E-state index is 13.2. The van der Waals surface area contributed by atoms with Gasteiger partial charge in [-0.15, -0.1) is 0 Å². The number of nitrogens with zero attached hydrogens (tertiary/aromatic N) is 2. The lowest BCUT2D eigenvalue weighted by atomic mass is 10.1. The van der Waals surface area contributed by atoms with E-state index >= 15 is 0 Å². The highest BCUT2D eigenvalue weighted by atomic mass is 19.1. The molecule has 1 saturated heterocycles. The Hall–Kier alpha value is -2.50. The predicted molar refractivity (Wildman–Crippen MR) is 114 cm³/mol. The van der Waals surface area contributed by atoms with Crippen molar-refractivity contribution in [1.82, 2.24) is 9.80 Å². The molecular weight excluding hydrogens is 367 g/mol. The van der Waals surface area contributed by atoms with Gasteiger partial charge in [-0.2, -0.15) is 0 Å². The number of ether oxygens (including phenoxy) is 1. The van der Waals surface area contributed by atoms with Crippen LogP contribution < -0.4 is 0 Å². The van der Waals surface area contributed by atoms with E-state index in [9.17, 15) is 9.18 Å². The van der Waals surface area contributed by atoms with Crippen LogP contribution in [0.5, 0.6) is 0 Å². The van der Waals surface area contributed by atoms with Gasteiger partial charge >= 0.3 is 0 Å². The van der Waals surface area contributed by atoms with Gasteiger partial charge in [-0.1, -0.05) is 42.5 Å². The van der Waals surface area contributed by atoms with Crippen molar-refractivity contribution in [2.45, 2.75) is 26.4 Å². The van der Waals surface area contributed by atoms with Gasteiger partial charge in [-0.3, -0.25) is 9.69 Å². The molecule has 0 aliphatic carbocycles. The summed E-state index contributed by atoms with van der Waals surface area (Å²) in [7, 11) is 0. The average Bonchev–Trinajstić information content (AvgIpc) is 2.73. The third-order valence-electron chi connectivity index (χ3n) is 5.28. The van der Waals surface area contributed by atoms with Crippen LogP contribution in [0.2, 0.25) is 0 Å². The first kappa shape index (κ1) is 21.2. The van der Waals surface area contributed by atoms with Gasteiger partial charge in [-0.05, 0) is 42.7 Å². The first-order chi connectivity index (χ1) is 14.0. The third-order valence-corrected chi connectivity index (χ3v) is 5.28. The van der Waals surface area contributed by atoms with Gasteiger partial charge in [0.05, 0.1) is 13.2 Å². The van der Waals surface area contributed by atoms with Crippen LogP contribution in [0.25, 0.3) is 5.57 Å². The summed E-state index contributed by atoms with van der Waals surface area (Å²) in [5, 5.41) is 0. The lowest BCUT2D eigenvalue weighted by molar-refractivity contribution is -0.129. The number of amides is 1. The molecule has 5 heteroatoms. The quantitative estimate of drug-likeness (QED) is 0.664. The zero-order chi connectivity index (χ0) is 20.6. The van der Waals surface area contributed by atoms with Gasteiger partial charge in [0.1, 0.15) is 5.82 Å². The third kappa shape index (κ3) is 6.24. The van der Waals surface area contributed by atoms with Crippen molar-refractivity contribution >= 4 is 11.5 Å². The van der Waals surface area contributed by atoms with Crippen molar-refractivity contribution in [3.8, 4) is 0 Å². The Balaban J connectivity index is 1.77. The van der Waals surface area contributed by atoms with E-state index in [1.54, 1.807) is 18.2 Å². The number of hydrogen-bond donors (Lipinski definition) is 0. The van der Waals surface area contributed by atoms with Gasteiger partial charge in [-0.25, -0.2) is 4.39 Å². The van der Waals surface area contributed by atoms with Crippen LogP contribution >= 0.6 is 0 Å². The van der Waals surface area contributed by atoms with E-state index in [2.05, 4.69) is 11.8 Å². The molecule has 154 valence electrons. The summed E-state index contributed by atoms with van der Waals surface area (Å²) in [5.41, 5.74) is 2.77. The zero-order valence-corrected chi connectivity index (χ0v) is 17.2. The molecule has 0 N–H and O–H groups in total. The first-order valence-corrected chi connectivity index (χ1v) is 10.1. The van der Waals surface area contributed by atoms with Crippen LogP contribution in [0.3, 0.4) is 0 Å². The Morgan fingerprint density at radius 2 is 1.79 bits per heavy atom. The summed E-state index contributed by atoms with van der Waals surface area (Å²) in [6, 6.07) is 16.3. The SMILES string of the molecule is C/C(=C/C(=O)N(Cc1ccccc1)C(C)CN1CCOCC1)c1ccc(F)cc1. The van der Waals surface area contributed by atoms with Gasteiger partial charge < -0.3 is 9.64 Å². The van der Waals surface area contributed by atoms with Crippen molar-refractivity contribution in [3.63, 3.8) is 0 Å². The maximum atomic E-state index is 13.2. The van der Waals surface area contributed by atoms with E-state index in [4.69, 9.17) is 4.74 Å². The molecule has 0 radical (unpaired) electrons. The van der Waals surface area contributed by atoms with Crippen molar-refractivity contribution < 1.29 is 13.9 Å². The molecule has 1 aliphatic heterocycles. The second kappa shape index (κ2) is 10.3. The second-order valence-electron chi connectivity index (χ2n) is 7.55. The molecule has 0 saturated carbocycles. The standard InChI is InChI=1S/C24H29FN2O2/c1-19(22-8-10-23(25)11-9-22)16-24(28)27(18-21-6-4-3-5-7-21)20(2)17-26-12-14-29-15-13-26/h3-11,16,20H,12-15,17-18H2,1-2H3/b19-16-. The van der Waals surface area contributed by atoms with E-state index in [-0.39, 0.29) is 17.8 Å². The van der Waals surface area contributed by atoms with Crippen molar-refractivity contribution in [2.24, 2.45) is 0 Å². The number of hydrogen-bond acceptors (Lipinski definition) is 3. The molecule has 2 aromatic carbocycles. The Labute approximate surface area is 172 Å². The fraction of sp³-hybridized carbons (Fsp3) is 0.375. The molecule has 1 fully saturated rings. The second-order valence-corrected chi connectivity index (χ2v) is 7.55. The summed E-state index contributed by atoms with van der Waals surface area (Å²) in [4.78, 5) is 17.5. The highest BCUT2D eigenvalue weighted by Crippen LogP contribution is 2.17. The molecule has 4 nitrogen and oxygen atoms in total. The molecule has 1 aliphatic rings. The maximum Gasteiger partial charge on any atom is 0.247 e. The fourth-order valence-corrected chi connectivity index (χ4v) is 3.55. The zero-order valence-electron chi connectivity index (χ0n) is 17.2. The number of carbonyl (C=O) groups is 1. The van der Waals surface area contributed by atoms with Gasteiger partial charge in [0.2, 0.25) is 5.91 Å². The number of rotatable bonds is 7. The first-order valence-electron chi connectivity index (χ1n) is 10.1. The van der Waals surface area contributed by atoms with Gasteiger partial charge in [0.15, 0.2) is 0 Å². The fourth-order valence-electron chi connectivity index (χ4n) is 3.55. The summed E-state index contributed by atoms with van der Waals surface area (Å²) < 4.78 is 18.6. The molecule has 0 aromatic heterocycles. The molecule has 0 spiro atoms. The number of carbonyl (C=O) groups excluding carboxylic acids is 1. The van der Waals surface area contributed by atoms with Crippen molar-refractivity contribution in [2.75, 3.05) is 32.8 Å². The predicted octanol–water partition coefficient (Wildman–Crippen LogP) is 3.98. The average molecular weight is 397 g/mol. The molecule has 29 heavy (non-hydrogen) atoms. The van der Waals surface area contributed by atoms with E-state index < -0.39 is 0 Å². The lowest BCUT2D eigenvalue weighted by Crippen LogP contribution is -2.47. The van der Waals surface area contributed by atoms with Gasteiger partial charge in [0.25, 0.3) is 0 Å². The van der Waals surface area contributed by atoms with Crippen LogP contribution in [0.4, 0.5) is 4.39 Å². The summed E-state index contributed by atoms with van der Waals surface area (Å²) >= 11 is 0. The molecule has 3 rings (SSSR count). The molecule has 1 unspecified atom stereocenters. The number of benzene rings is 2. The summed E-state index contributed by atoms with van der Waals surface area (Å²) in [5.74, 6) is -0.311. The largest absolute Gasteiger partial charge is 0.379 e. The van der Waals surface area contributed by atoms with Crippen LogP contribution in [0, 0.1) is 5.82 Å². The molecule has 1 heterocycles. The Bertz CT molecular complexity index is 815. The summed E-state index contributed by atoms with van der Waals surface area (Å²) in [6.45, 7) is 8.61. The van der Waals surface area contributed by atoms with Crippen LogP contribution in [0.15, 0.2) is 60.7 Å². The van der Waals surface area contributed by atoms with Crippen LogP contribution in [-0.2, 0) is 16.1 Å². The van der Waals surface area contributed by atoms with Crippen molar-refractivity contribution in [1.29, 1.82) is 0 Å². The Kier molecular flexibility index (Phi) is 7.55. The molecule has 2 aromatic rings. The smallest absolute Gasteiger partial charge is 0.247 e.